The van der Waals surface area contributed by atoms with E-state index in [1.807, 2.05) is 0 Å². The van der Waals surface area contributed by atoms with E-state index in [0.717, 1.165) is 12.0 Å². The van der Waals surface area contributed by atoms with E-state index in [2.05, 4.69) is 34.5 Å². The van der Waals surface area contributed by atoms with Crippen LogP contribution in [0.3, 0.4) is 0 Å². The summed E-state index contributed by atoms with van der Waals surface area (Å²) in [5.74, 6) is 0.0224. The monoisotopic (exact) mass is 260 g/mol. The summed E-state index contributed by atoms with van der Waals surface area (Å²) in [4.78, 5) is 13.4. The number of hydrogen-bond acceptors (Lipinski definition) is 2. The topological polar surface area (TPSA) is 32.3 Å². The highest BCUT2D eigenvalue weighted by Gasteiger charge is 2.09. The van der Waals surface area contributed by atoms with Gasteiger partial charge in [0.1, 0.15) is 0 Å². The number of hydrogen-bond donors (Lipinski definition) is 1. The van der Waals surface area contributed by atoms with Gasteiger partial charge in [0, 0.05) is 20.0 Å². The second-order valence-electron chi connectivity index (χ2n) is 5.38. The Morgan fingerprint density at radius 1 is 1.11 bits per heavy atom. The van der Waals surface area contributed by atoms with Crippen LogP contribution in [-0.2, 0) is 17.8 Å². The van der Waals surface area contributed by atoms with Crippen LogP contribution in [0.25, 0.3) is 0 Å². The van der Waals surface area contributed by atoms with Crippen molar-refractivity contribution in [2.24, 2.45) is 0 Å². The van der Waals surface area contributed by atoms with E-state index in [1.54, 1.807) is 6.92 Å². The molecule has 1 amide bonds. The largest absolute Gasteiger partial charge is 0.352 e. The first kappa shape index (κ1) is 14.1. The second kappa shape index (κ2) is 7.29. The van der Waals surface area contributed by atoms with Crippen molar-refractivity contribution in [1.29, 1.82) is 0 Å². The molecular formula is C16H24N2O. The molecule has 1 N–H and O–H groups in total. The Kier molecular flexibility index (Phi) is 5.40. The van der Waals surface area contributed by atoms with E-state index in [-0.39, 0.29) is 5.91 Å². The van der Waals surface area contributed by atoms with E-state index in [0.29, 0.717) is 6.54 Å². The lowest BCUT2D eigenvalue weighted by Crippen LogP contribution is -2.31. The van der Waals surface area contributed by atoms with Crippen molar-refractivity contribution in [3.8, 4) is 0 Å². The van der Waals surface area contributed by atoms with Crippen LogP contribution < -0.4 is 5.32 Å². The van der Waals surface area contributed by atoms with Gasteiger partial charge in [-0.25, -0.2) is 0 Å². The van der Waals surface area contributed by atoms with Crippen LogP contribution in [0.1, 0.15) is 37.3 Å². The summed E-state index contributed by atoms with van der Waals surface area (Å²) >= 11 is 0. The Morgan fingerprint density at radius 2 is 1.74 bits per heavy atom. The summed E-state index contributed by atoms with van der Waals surface area (Å²) in [6.07, 6.45) is 5.24. The minimum Gasteiger partial charge on any atom is -0.352 e. The quantitative estimate of drug-likeness (QED) is 0.881. The third kappa shape index (κ3) is 5.03. The summed E-state index contributed by atoms with van der Waals surface area (Å²) in [7, 11) is 0. The maximum atomic E-state index is 10.8. The van der Waals surface area contributed by atoms with Gasteiger partial charge >= 0.3 is 0 Å². The molecule has 0 saturated carbocycles. The molecule has 1 aliphatic rings. The number of likely N-dealkylation sites (tertiary alicyclic amines) is 1. The number of benzene rings is 1. The Bertz CT molecular complexity index is 394. The van der Waals surface area contributed by atoms with Crippen molar-refractivity contribution in [3.05, 3.63) is 35.4 Å². The molecule has 1 saturated heterocycles. The lowest BCUT2D eigenvalue weighted by atomic mass is 10.1. The molecule has 1 heterocycles. The number of carbonyl (C=O) groups excluding carboxylic acids is 1. The molecule has 1 aromatic rings. The van der Waals surface area contributed by atoms with Crippen molar-refractivity contribution in [2.75, 3.05) is 19.6 Å². The molecule has 0 spiro atoms. The van der Waals surface area contributed by atoms with Crippen LogP contribution in [0.5, 0.6) is 0 Å². The fourth-order valence-corrected chi connectivity index (χ4v) is 2.52. The summed E-state index contributed by atoms with van der Waals surface area (Å²) < 4.78 is 0. The van der Waals surface area contributed by atoms with Crippen LogP contribution in [0, 0.1) is 0 Å². The highest BCUT2D eigenvalue weighted by atomic mass is 16.1. The standard InChI is InChI=1S/C16H24N2O/c1-14(19)17-13-16-7-5-15(6-8-16)9-12-18-10-3-2-4-11-18/h5-8H,2-4,9-13H2,1H3,(H,17,19). The molecule has 19 heavy (non-hydrogen) atoms. The zero-order valence-corrected chi connectivity index (χ0v) is 11.8. The highest BCUT2D eigenvalue weighted by molar-refractivity contribution is 5.72. The van der Waals surface area contributed by atoms with Crippen LogP contribution in [0.4, 0.5) is 0 Å². The number of carbonyl (C=O) groups is 1. The summed E-state index contributed by atoms with van der Waals surface area (Å²) in [5.41, 5.74) is 2.55. The smallest absolute Gasteiger partial charge is 0.217 e. The molecule has 0 aromatic heterocycles. The van der Waals surface area contributed by atoms with E-state index >= 15 is 0 Å². The third-order valence-electron chi connectivity index (χ3n) is 3.73. The number of piperidine rings is 1. The van der Waals surface area contributed by atoms with Gasteiger partial charge in [0.15, 0.2) is 0 Å². The zero-order valence-electron chi connectivity index (χ0n) is 11.8. The summed E-state index contributed by atoms with van der Waals surface area (Å²) in [5, 5.41) is 2.82. The molecule has 1 fully saturated rings. The minimum absolute atomic E-state index is 0.0224. The minimum atomic E-state index is 0.0224. The van der Waals surface area contributed by atoms with Gasteiger partial charge in [0.05, 0.1) is 0 Å². The van der Waals surface area contributed by atoms with Crippen molar-refractivity contribution in [2.45, 2.75) is 39.2 Å². The summed E-state index contributed by atoms with van der Waals surface area (Å²) in [6, 6.07) is 8.59. The third-order valence-corrected chi connectivity index (χ3v) is 3.73. The lowest BCUT2D eigenvalue weighted by Gasteiger charge is -2.26. The van der Waals surface area contributed by atoms with E-state index in [9.17, 15) is 4.79 Å². The first-order valence-corrected chi connectivity index (χ1v) is 7.28. The first-order chi connectivity index (χ1) is 9.24. The molecule has 0 aliphatic carbocycles. The van der Waals surface area contributed by atoms with Gasteiger partial charge in [-0.2, -0.15) is 0 Å². The lowest BCUT2D eigenvalue weighted by molar-refractivity contribution is -0.119. The van der Waals surface area contributed by atoms with Gasteiger partial charge in [0.2, 0.25) is 5.91 Å². The van der Waals surface area contributed by atoms with Crippen molar-refractivity contribution in [1.82, 2.24) is 10.2 Å². The summed E-state index contributed by atoms with van der Waals surface area (Å²) in [6.45, 7) is 5.88. The van der Waals surface area contributed by atoms with E-state index in [4.69, 9.17) is 0 Å². The fourth-order valence-electron chi connectivity index (χ4n) is 2.52. The molecule has 0 atom stereocenters. The maximum Gasteiger partial charge on any atom is 0.217 e. The Balaban J connectivity index is 1.76. The maximum absolute atomic E-state index is 10.8. The van der Waals surface area contributed by atoms with Gasteiger partial charge in [-0.05, 0) is 43.5 Å². The molecular weight excluding hydrogens is 236 g/mol. The average molecular weight is 260 g/mol. The molecule has 0 bridgehead atoms. The average Bonchev–Trinajstić information content (AvgIpc) is 2.45. The van der Waals surface area contributed by atoms with Crippen LogP contribution in [0.15, 0.2) is 24.3 Å². The van der Waals surface area contributed by atoms with Gasteiger partial charge in [-0.15, -0.1) is 0 Å². The van der Waals surface area contributed by atoms with Gasteiger partial charge in [-0.3, -0.25) is 4.79 Å². The molecule has 0 radical (unpaired) electrons. The molecule has 1 aliphatic heterocycles. The molecule has 104 valence electrons. The SMILES string of the molecule is CC(=O)NCc1ccc(CCN2CCCCC2)cc1. The number of rotatable bonds is 5. The molecule has 3 nitrogen and oxygen atoms in total. The van der Waals surface area contributed by atoms with Gasteiger partial charge in [0.25, 0.3) is 0 Å². The Morgan fingerprint density at radius 3 is 2.37 bits per heavy atom. The molecule has 2 rings (SSSR count). The number of nitrogens with one attached hydrogen (secondary N) is 1. The normalized spacial score (nSPS) is 16.3. The number of nitrogens with zero attached hydrogens (tertiary/aromatic N) is 1. The van der Waals surface area contributed by atoms with Crippen LogP contribution in [-0.4, -0.2) is 30.4 Å². The Hall–Kier alpha value is -1.35. The van der Waals surface area contributed by atoms with Gasteiger partial charge in [-0.1, -0.05) is 30.7 Å². The molecule has 0 unspecified atom stereocenters. The second-order valence-corrected chi connectivity index (χ2v) is 5.38. The highest BCUT2D eigenvalue weighted by Crippen LogP contribution is 2.11. The van der Waals surface area contributed by atoms with Crippen LogP contribution >= 0.6 is 0 Å². The predicted octanol–water partition coefficient (Wildman–Crippen LogP) is 2.35. The van der Waals surface area contributed by atoms with Crippen molar-refractivity contribution < 1.29 is 4.79 Å². The molecule has 3 heteroatoms. The van der Waals surface area contributed by atoms with Gasteiger partial charge < -0.3 is 10.2 Å². The van der Waals surface area contributed by atoms with Crippen molar-refractivity contribution in [3.63, 3.8) is 0 Å². The fraction of sp³-hybridized carbons (Fsp3) is 0.562. The predicted molar refractivity (Wildman–Crippen MR) is 78.0 cm³/mol. The molecule has 1 aromatic carbocycles. The van der Waals surface area contributed by atoms with E-state index in [1.165, 1.54) is 44.5 Å². The zero-order chi connectivity index (χ0) is 13.5. The first-order valence-electron chi connectivity index (χ1n) is 7.28. The Labute approximate surface area is 116 Å². The number of amides is 1. The van der Waals surface area contributed by atoms with Crippen LogP contribution in [0.2, 0.25) is 0 Å². The van der Waals surface area contributed by atoms with Crippen molar-refractivity contribution >= 4 is 5.91 Å². The van der Waals surface area contributed by atoms with E-state index < -0.39 is 0 Å².